The largest absolute Gasteiger partial charge is 0.357 e. The summed E-state index contributed by atoms with van der Waals surface area (Å²) in [5, 5.41) is 21.3. The van der Waals surface area contributed by atoms with Crippen LogP contribution in [0.25, 0.3) is 22.5 Å². The number of benzene rings is 1. The predicted molar refractivity (Wildman–Crippen MR) is 100.0 cm³/mol. The van der Waals surface area contributed by atoms with E-state index in [1.807, 2.05) is 17.8 Å². The molecule has 1 fully saturated rings. The van der Waals surface area contributed by atoms with E-state index in [9.17, 15) is 0 Å². The Morgan fingerprint density at radius 1 is 1.24 bits per heavy atom. The van der Waals surface area contributed by atoms with Gasteiger partial charge in [0.05, 0.1) is 0 Å². The number of nitrogens with zero attached hydrogens (tertiary/aromatic N) is 5. The molecule has 0 saturated carbocycles. The Kier molecular flexibility index (Phi) is 4.55. The second-order valence-electron chi connectivity index (χ2n) is 5.51. The van der Waals surface area contributed by atoms with Crippen LogP contribution in [0.4, 0.5) is 5.95 Å². The zero-order valence-electron chi connectivity index (χ0n) is 13.4. The lowest BCUT2D eigenvalue weighted by molar-refractivity contribution is 0.543. The Bertz CT molecular complexity index is 862. The molecule has 8 nitrogen and oxygen atoms in total. The summed E-state index contributed by atoms with van der Waals surface area (Å²) in [5.74, 6) is 1.08. The number of aromatic amines is 1. The van der Waals surface area contributed by atoms with Crippen LogP contribution in [-0.2, 0) is 0 Å². The lowest BCUT2D eigenvalue weighted by atomic mass is 10.0. The summed E-state index contributed by atoms with van der Waals surface area (Å²) in [4.78, 5) is 10.5. The molecule has 1 aliphatic heterocycles. The van der Waals surface area contributed by atoms with Gasteiger partial charge in [-0.3, -0.25) is 0 Å². The molecule has 128 valence electrons. The average Bonchev–Trinajstić information content (AvgIpc) is 3.13. The van der Waals surface area contributed by atoms with Crippen molar-refractivity contribution in [1.82, 2.24) is 35.9 Å². The first-order valence-electron chi connectivity index (χ1n) is 7.73. The van der Waals surface area contributed by atoms with Crippen LogP contribution in [0.3, 0.4) is 0 Å². The second-order valence-corrected chi connectivity index (χ2v) is 7.30. The van der Waals surface area contributed by atoms with Crippen LogP contribution in [0.1, 0.15) is 0 Å². The molecule has 0 spiro atoms. The standard InChI is InChI=1S/C15H16N8S2/c1-16-15-18-4-8(5-19-15)10-2-3-11(25-9-6-17-7-9)13(24)12(10)14-20-22-23-21-14/h2-5,9,17,24H,6-7H2,1H3,(H,16,18,19)(H,20,21,22,23). The van der Waals surface area contributed by atoms with Gasteiger partial charge in [0, 0.05) is 58.7 Å². The van der Waals surface area contributed by atoms with Crippen molar-refractivity contribution in [1.29, 1.82) is 0 Å². The Morgan fingerprint density at radius 2 is 2.04 bits per heavy atom. The zero-order chi connectivity index (χ0) is 17.2. The lowest BCUT2D eigenvalue weighted by Gasteiger charge is -2.27. The number of aromatic nitrogens is 6. The maximum absolute atomic E-state index is 4.78. The van der Waals surface area contributed by atoms with Gasteiger partial charge in [-0.05, 0) is 16.8 Å². The third kappa shape index (κ3) is 3.20. The van der Waals surface area contributed by atoms with E-state index in [2.05, 4.69) is 47.3 Å². The Balaban J connectivity index is 1.80. The molecule has 0 unspecified atom stereocenters. The van der Waals surface area contributed by atoms with Crippen LogP contribution in [0, 0.1) is 0 Å². The maximum Gasteiger partial charge on any atom is 0.222 e. The van der Waals surface area contributed by atoms with Crippen molar-refractivity contribution in [3.8, 4) is 22.5 Å². The van der Waals surface area contributed by atoms with Gasteiger partial charge in [-0.2, -0.15) is 5.21 Å². The van der Waals surface area contributed by atoms with E-state index in [1.165, 1.54) is 0 Å². The number of anilines is 1. The maximum atomic E-state index is 4.78. The summed E-state index contributed by atoms with van der Waals surface area (Å²) < 4.78 is 0. The van der Waals surface area contributed by atoms with Gasteiger partial charge in [-0.1, -0.05) is 6.07 Å². The quantitative estimate of drug-likeness (QED) is 0.502. The van der Waals surface area contributed by atoms with Gasteiger partial charge in [0.2, 0.25) is 11.8 Å². The van der Waals surface area contributed by atoms with Gasteiger partial charge in [-0.15, -0.1) is 34.6 Å². The third-order valence-corrected chi connectivity index (χ3v) is 5.81. The number of thiol groups is 1. The minimum absolute atomic E-state index is 0.506. The lowest BCUT2D eigenvalue weighted by Crippen LogP contribution is -2.44. The molecule has 1 aromatic carbocycles. The molecule has 1 aliphatic rings. The number of tetrazole rings is 1. The topological polar surface area (TPSA) is 104 Å². The molecular weight excluding hydrogens is 356 g/mol. The highest BCUT2D eigenvalue weighted by molar-refractivity contribution is 8.00. The van der Waals surface area contributed by atoms with Crippen molar-refractivity contribution in [2.75, 3.05) is 25.5 Å². The SMILES string of the molecule is CNc1ncc(-c2ccc(SC3CNC3)c(S)c2-c2nn[nH]n2)cn1. The highest BCUT2D eigenvalue weighted by atomic mass is 32.2. The second kappa shape index (κ2) is 6.98. The van der Waals surface area contributed by atoms with E-state index in [0.29, 0.717) is 17.0 Å². The smallest absolute Gasteiger partial charge is 0.222 e. The molecule has 25 heavy (non-hydrogen) atoms. The molecule has 10 heteroatoms. The average molecular weight is 372 g/mol. The molecule has 0 radical (unpaired) electrons. The van der Waals surface area contributed by atoms with Crippen LogP contribution in [0.2, 0.25) is 0 Å². The predicted octanol–water partition coefficient (Wildman–Crippen LogP) is 1.72. The molecule has 0 amide bonds. The van der Waals surface area contributed by atoms with Crippen LogP contribution >= 0.6 is 24.4 Å². The first-order valence-corrected chi connectivity index (χ1v) is 9.06. The first kappa shape index (κ1) is 16.3. The van der Waals surface area contributed by atoms with Gasteiger partial charge in [-0.25, -0.2) is 9.97 Å². The molecule has 0 aliphatic carbocycles. The highest BCUT2D eigenvalue weighted by Gasteiger charge is 2.23. The van der Waals surface area contributed by atoms with E-state index >= 15 is 0 Å². The summed E-state index contributed by atoms with van der Waals surface area (Å²) in [7, 11) is 1.78. The number of hydrogen-bond donors (Lipinski definition) is 4. The molecule has 0 atom stereocenters. The monoisotopic (exact) mass is 372 g/mol. The molecule has 3 N–H and O–H groups in total. The zero-order valence-corrected chi connectivity index (χ0v) is 15.1. The van der Waals surface area contributed by atoms with E-state index in [1.54, 1.807) is 19.4 Å². The van der Waals surface area contributed by atoms with Crippen molar-refractivity contribution < 1.29 is 0 Å². The van der Waals surface area contributed by atoms with Crippen LogP contribution in [0.5, 0.6) is 0 Å². The van der Waals surface area contributed by atoms with E-state index in [4.69, 9.17) is 12.6 Å². The summed E-state index contributed by atoms with van der Waals surface area (Å²) in [6.45, 7) is 2.02. The number of hydrogen-bond acceptors (Lipinski definition) is 9. The number of H-pyrrole nitrogens is 1. The van der Waals surface area contributed by atoms with E-state index < -0.39 is 0 Å². The van der Waals surface area contributed by atoms with Crippen LogP contribution in [-0.4, -0.2) is 56.0 Å². The van der Waals surface area contributed by atoms with Gasteiger partial charge >= 0.3 is 0 Å². The molecule has 3 heterocycles. The highest BCUT2D eigenvalue weighted by Crippen LogP contribution is 2.41. The van der Waals surface area contributed by atoms with Crippen LogP contribution < -0.4 is 10.6 Å². The fraction of sp³-hybridized carbons (Fsp3) is 0.267. The van der Waals surface area contributed by atoms with Gasteiger partial charge in [0.15, 0.2) is 0 Å². The number of thioether (sulfide) groups is 1. The minimum atomic E-state index is 0.506. The van der Waals surface area contributed by atoms with Gasteiger partial charge in [0.25, 0.3) is 0 Å². The fourth-order valence-electron chi connectivity index (χ4n) is 2.52. The summed E-state index contributed by atoms with van der Waals surface area (Å²) in [6.07, 6.45) is 3.54. The van der Waals surface area contributed by atoms with Crippen molar-refractivity contribution >= 4 is 30.3 Å². The van der Waals surface area contributed by atoms with E-state index in [-0.39, 0.29) is 0 Å². The molecule has 2 aromatic heterocycles. The molecular formula is C15H16N8S2. The van der Waals surface area contributed by atoms with Crippen molar-refractivity contribution in [2.45, 2.75) is 15.0 Å². The molecule has 3 aromatic rings. The van der Waals surface area contributed by atoms with Crippen molar-refractivity contribution in [2.24, 2.45) is 0 Å². The number of rotatable bonds is 5. The number of nitrogens with one attached hydrogen (secondary N) is 3. The Labute approximate surface area is 154 Å². The summed E-state index contributed by atoms with van der Waals surface area (Å²) >= 11 is 6.59. The third-order valence-electron chi connectivity index (χ3n) is 3.93. The van der Waals surface area contributed by atoms with Crippen LogP contribution in [0.15, 0.2) is 34.3 Å². The summed E-state index contributed by atoms with van der Waals surface area (Å²) in [6, 6.07) is 4.12. The first-order chi connectivity index (χ1) is 12.3. The summed E-state index contributed by atoms with van der Waals surface area (Å²) in [5.41, 5.74) is 2.62. The van der Waals surface area contributed by atoms with Crippen molar-refractivity contribution in [3.05, 3.63) is 24.5 Å². The van der Waals surface area contributed by atoms with Crippen molar-refractivity contribution in [3.63, 3.8) is 0 Å². The van der Waals surface area contributed by atoms with E-state index in [0.717, 1.165) is 39.6 Å². The van der Waals surface area contributed by atoms with Gasteiger partial charge < -0.3 is 10.6 Å². The Morgan fingerprint density at radius 3 is 2.64 bits per heavy atom. The fourth-order valence-corrected chi connectivity index (χ4v) is 4.10. The minimum Gasteiger partial charge on any atom is -0.357 e. The molecule has 1 saturated heterocycles. The normalized spacial score (nSPS) is 14.3. The van der Waals surface area contributed by atoms with Gasteiger partial charge in [0.1, 0.15) is 0 Å². The Hall–Kier alpha value is -2.17. The molecule has 0 bridgehead atoms. The molecule has 4 rings (SSSR count).